The van der Waals surface area contributed by atoms with Crippen molar-refractivity contribution < 1.29 is 4.79 Å². The lowest BCUT2D eigenvalue weighted by atomic mass is 10.2. The number of halogens is 1. The van der Waals surface area contributed by atoms with Gasteiger partial charge >= 0.3 is 0 Å². The summed E-state index contributed by atoms with van der Waals surface area (Å²) in [5.41, 5.74) is 4.93. The molecule has 29 heavy (non-hydrogen) atoms. The van der Waals surface area contributed by atoms with E-state index >= 15 is 0 Å². The van der Waals surface area contributed by atoms with E-state index in [4.69, 9.17) is 16.4 Å². The fourth-order valence-corrected chi connectivity index (χ4v) is 3.25. The number of rotatable bonds is 2. The molecule has 1 N–H and O–H groups in total. The third kappa shape index (κ3) is 4.18. The highest BCUT2D eigenvalue weighted by Gasteiger charge is 2.08. The van der Waals surface area contributed by atoms with Gasteiger partial charge in [-0.25, -0.2) is 4.98 Å². The van der Waals surface area contributed by atoms with Crippen molar-refractivity contribution in [2.75, 3.05) is 12.4 Å². The molecular formula is C23H21ClN4O. The van der Waals surface area contributed by atoms with Gasteiger partial charge < -0.3 is 14.5 Å². The number of benzene rings is 1. The Bertz CT molecular complexity index is 1260. The summed E-state index contributed by atoms with van der Waals surface area (Å²) >= 11 is 6.09. The normalized spacial score (nSPS) is 10.1. The topological polar surface area (TPSA) is 51.9 Å². The van der Waals surface area contributed by atoms with Crippen molar-refractivity contribution in [3.05, 3.63) is 71.7 Å². The molecule has 6 heteroatoms. The number of carbonyl (C=O) groups excluding carboxylic acids is 1. The second-order valence-electron chi connectivity index (χ2n) is 6.41. The van der Waals surface area contributed by atoms with Gasteiger partial charge in [-0.15, -0.1) is 0 Å². The highest BCUT2D eigenvalue weighted by molar-refractivity contribution is 6.31. The Balaban J connectivity index is 0.000000552. The van der Waals surface area contributed by atoms with Crippen LogP contribution in [0.25, 0.3) is 21.9 Å². The molecule has 0 atom stereocenters. The highest BCUT2D eigenvalue weighted by Crippen LogP contribution is 2.23. The van der Waals surface area contributed by atoms with E-state index in [0.29, 0.717) is 6.29 Å². The molecule has 3 aromatic heterocycles. The van der Waals surface area contributed by atoms with Crippen molar-refractivity contribution in [1.82, 2.24) is 14.1 Å². The van der Waals surface area contributed by atoms with Gasteiger partial charge in [0.15, 0.2) is 0 Å². The lowest BCUT2D eigenvalue weighted by Gasteiger charge is -2.00. The zero-order chi connectivity index (χ0) is 21.0. The summed E-state index contributed by atoms with van der Waals surface area (Å²) in [4.78, 5) is 13.6. The zero-order valence-corrected chi connectivity index (χ0v) is 17.3. The Hall–Kier alpha value is -3.49. The Morgan fingerprint density at radius 3 is 2.66 bits per heavy atom. The first-order valence-corrected chi connectivity index (χ1v) is 9.32. The number of allylic oxidation sites excluding steroid dienone is 1. The second kappa shape index (κ2) is 8.68. The van der Waals surface area contributed by atoms with Gasteiger partial charge in [-0.3, -0.25) is 4.79 Å². The molecule has 146 valence electrons. The molecule has 4 rings (SSSR count). The molecule has 5 nitrogen and oxygen atoms in total. The summed E-state index contributed by atoms with van der Waals surface area (Å²) < 4.78 is 4.08. The first-order chi connectivity index (χ1) is 14.0. The number of aromatic nitrogens is 3. The largest absolute Gasteiger partial charge is 0.387 e. The zero-order valence-electron chi connectivity index (χ0n) is 16.5. The molecule has 0 bridgehead atoms. The van der Waals surface area contributed by atoms with Crippen molar-refractivity contribution in [2.24, 2.45) is 14.1 Å². The van der Waals surface area contributed by atoms with Gasteiger partial charge in [0.25, 0.3) is 0 Å². The summed E-state index contributed by atoms with van der Waals surface area (Å²) in [5.74, 6) is 6.59. The monoisotopic (exact) mass is 404 g/mol. The van der Waals surface area contributed by atoms with E-state index in [1.165, 1.54) is 6.08 Å². The summed E-state index contributed by atoms with van der Waals surface area (Å²) in [6.07, 6.45) is 5.68. The molecule has 0 unspecified atom stereocenters. The molecular weight excluding hydrogens is 384 g/mol. The lowest BCUT2D eigenvalue weighted by Crippen LogP contribution is -1.91. The first-order valence-electron chi connectivity index (χ1n) is 8.94. The van der Waals surface area contributed by atoms with Gasteiger partial charge in [0.1, 0.15) is 11.9 Å². The van der Waals surface area contributed by atoms with E-state index < -0.39 is 0 Å². The molecule has 0 amide bonds. The Morgan fingerprint density at radius 2 is 1.97 bits per heavy atom. The number of pyridine rings is 1. The summed E-state index contributed by atoms with van der Waals surface area (Å²) in [6, 6.07) is 10.0. The summed E-state index contributed by atoms with van der Waals surface area (Å²) in [7, 11) is 5.89. The minimum atomic E-state index is 0.639. The van der Waals surface area contributed by atoms with Crippen LogP contribution in [0.3, 0.4) is 0 Å². The van der Waals surface area contributed by atoms with Crippen molar-refractivity contribution in [2.45, 2.75) is 0 Å². The number of aryl methyl sites for hydroxylation is 2. The van der Waals surface area contributed by atoms with Crippen molar-refractivity contribution in [1.29, 1.82) is 0 Å². The fourth-order valence-electron chi connectivity index (χ4n) is 3.07. The molecule has 0 radical (unpaired) electrons. The molecule has 0 saturated carbocycles. The van der Waals surface area contributed by atoms with E-state index in [1.54, 1.807) is 0 Å². The Kier molecular flexibility index (Phi) is 6.06. The maximum atomic E-state index is 9.06. The number of hydrogen-bond acceptors (Lipinski definition) is 3. The average Bonchev–Trinajstić information content (AvgIpc) is 3.22. The summed E-state index contributed by atoms with van der Waals surface area (Å²) in [6.45, 7) is 3.11. The minimum absolute atomic E-state index is 0.639. The number of hydrogen-bond donors (Lipinski definition) is 1. The minimum Gasteiger partial charge on any atom is -0.387 e. The fraction of sp³-hybridized carbons (Fsp3) is 0.130. The molecule has 0 aliphatic carbocycles. The van der Waals surface area contributed by atoms with Crippen LogP contribution in [0, 0.1) is 11.8 Å². The van der Waals surface area contributed by atoms with Gasteiger partial charge in [0, 0.05) is 48.7 Å². The van der Waals surface area contributed by atoms with E-state index in [9.17, 15) is 0 Å². The second-order valence-corrected chi connectivity index (χ2v) is 6.85. The van der Waals surface area contributed by atoms with Crippen LogP contribution in [-0.2, 0) is 18.9 Å². The number of carbonyl (C=O) groups is 1. The maximum absolute atomic E-state index is 9.06. The van der Waals surface area contributed by atoms with Crippen LogP contribution in [0.15, 0.2) is 55.4 Å². The van der Waals surface area contributed by atoms with Crippen LogP contribution in [0.5, 0.6) is 0 Å². The number of aldehydes is 1. The van der Waals surface area contributed by atoms with Gasteiger partial charge in [-0.05, 0) is 42.3 Å². The number of nitrogens with zero attached hydrogens (tertiary/aromatic N) is 3. The van der Waals surface area contributed by atoms with Gasteiger partial charge in [-0.2, -0.15) is 0 Å². The van der Waals surface area contributed by atoms with Crippen molar-refractivity contribution in [3.63, 3.8) is 0 Å². The maximum Gasteiger partial charge on any atom is 0.142 e. The molecule has 0 aliphatic rings. The smallest absolute Gasteiger partial charge is 0.142 e. The number of anilines is 1. The predicted molar refractivity (Wildman–Crippen MR) is 120 cm³/mol. The molecule has 0 saturated heterocycles. The molecule has 0 aliphatic heterocycles. The number of fused-ring (bicyclic) bond motifs is 2. The molecule has 1 aromatic carbocycles. The van der Waals surface area contributed by atoms with Crippen LogP contribution in [0.1, 0.15) is 11.3 Å². The van der Waals surface area contributed by atoms with Crippen LogP contribution in [-0.4, -0.2) is 27.5 Å². The third-order valence-corrected chi connectivity index (χ3v) is 4.76. The quantitative estimate of drug-likeness (QED) is 0.303. The van der Waals surface area contributed by atoms with Crippen LogP contribution in [0.4, 0.5) is 5.69 Å². The SMILES string of the molecule is C=CC=O.CNc1cnc2c(c1)c(C#Cc1cc3cc(Cl)ccc3n1C)cn2C. The summed E-state index contributed by atoms with van der Waals surface area (Å²) in [5, 5.41) is 6.00. The average molecular weight is 405 g/mol. The van der Waals surface area contributed by atoms with Gasteiger partial charge in [-0.1, -0.05) is 24.1 Å². The van der Waals surface area contributed by atoms with Crippen molar-refractivity contribution in [3.8, 4) is 11.8 Å². The van der Waals surface area contributed by atoms with Crippen molar-refractivity contribution >= 4 is 45.5 Å². The highest BCUT2D eigenvalue weighted by atomic mass is 35.5. The van der Waals surface area contributed by atoms with Crippen LogP contribution < -0.4 is 5.32 Å². The first kappa shape index (κ1) is 20.2. The molecule has 0 fully saturated rings. The number of nitrogens with one attached hydrogen (secondary N) is 1. The molecule has 3 heterocycles. The standard InChI is InChI=1S/C20H17ClN4.C3H4O/c1-22-16-10-18-13(12-24(2)20(18)23-11-16)4-6-17-9-14-8-15(21)5-7-19(14)25(17)3;1-2-3-4/h5,7-12,22H,1-3H3;2-3H,1H2. The lowest BCUT2D eigenvalue weighted by molar-refractivity contribution is -0.104. The Morgan fingerprint density at radius 1 is 1.21 bits per heavy atom. The van der Waals surface area contributed by atoms with Gasteiger partial charge in [0.05, 0.1) is 23.1 Å². The van der Waals surface area contributed by atoms with E-state index in [2.05, 4.69) is 45.4 Å². The third-order valence-electron chi connectivity index (χ3n) is 4.53. The van der Waals surface area contributed by atoms with Crippen LogP contribution in [0.2, 0.25) is 5.02 Å². The molecule has 0 spiro atoms. The molecule has 4 aromatic rings. The van der Waals surface area contributed by atoms with E-state index in [0.717, 1.165) is 43.9 Å². The van der Waals surface area contributed by atoms with E-state index in [1.807, 2.05) is 56.3 Å². The Labute approximate surface area is 174 Å². The van der Waals surface area contributed by atoms with Gasteiger partial charge in [0.2, 0.25) is 0 Å². The van der Waals surface area contributed by atoms with E-state index in [-0.39, 0.29) is 0 Å². The predicted octanol–water partition coefficient (Wildman–Crippen LogP) is 4.53. The van der Waals surface area contributed by atoms with Crippen LogP contribution >= 0.6 is 11.6 Å².